The first-order valence-electron chi connectivity index (χ1n) is 8.18. The van der Waals surface area contributed by atoms with Gasteiger partial charge in [-0.1, -0.05) is 50.6 Å². The number of hydrogen-bond acceptors (Lipinski definition) is 3. The number of amides is 1. The molecule has 1 aliphatic rings. The molecular formula is C19H24ClNO4. The van der Waals surface area contributed by atoms with Gasteiger partial charge in [0.25, 0.3) is 0 Å². The summed E-state index contributed by atoms with van der Waals surface area (Å²) in [6, 6.07) is 6.95. The van der Waals surface area contributed by atoms with Crippen molar-refractivity contribution >= 4 is 23.7 Å². The zero-order chi connectivity index (χ0) is 18.8. The summed E-state index contributed by atoms with van der Waals surface area (Å²) in [5, 5.41) is 10.5. The normalized spacial score (nSPS) is 23.9. The quantitative estimate of drug-likeness (QED) is 0.634. The van der Waals surface area contributed by atoms with E-state index in [-0.39, 0.29) is 5.41 Å². The van der Waals surface area contributed by atoms with Gasteiger partial charge in [-0.25, -0.2) is 9.59 Å². The molecule has 0 aliphatic carbocycles. The van der Waals surface area contributed by atoms with Gasteiger partial charge in [-0.3, -0.25) is 4.90 Å². The topological polar surface area (TPSA) is 66.8 Å². The molecule has 0 aromatic heterocycles. The van der Waals surface area contributed by atoms with Crippen molar-refractivity contribution in [3.05, 3.63) is 47.0 Å². The average Bonchev–Trinajstić information content (AvgIpc) is 2.93. The van der Waals surface area contributed by atoms with E-state index in [2.05, 4.69) is 4.74 Å². The summed E-state index contributed by atoms with van der Waals surface area (Å²) in [5.41, 5.74) is -0.248. The number of halogens is 1. The van der Waals surface area contributed by atoms with E-state index in [0.717, 1.165) is 5.56 Å². The highest BCUT2D eigenvalue weighted by Crippen LogP contribution is 2.53. The van der Waals surface area contributed by atoms with E-state index in [1.807, 2.05) is 39.0 Å². The summed E-state index contributed by atoms with van der Waals surface area (Å²) >= 11 is 6.18. The fourth-order valence-electron chi connectivity index (χ4n) is 3.83. The van der Waals surface area contributed by atoms with Gasteiger partial charge in [0.1, 0.15) is 0 Å². The Labute approximate surface area is 153 Å². The van der Waals surface area contributed by atoms with E-state index in [0.29, 0.717) is 17.9 Å². The van der Waals surface area contributed by atoms with Crippen LogP contribution in [0.2, 0.25) is 5.02 Å². The molecule has 1 aliphatic heterocycles. The Morgan fingerprint density at radius 2 is 2.08 bits per heavy atom. The molecular weight excluding hydrogens is 342 g/mol. The molecule has 2 rings (SSSR count). The molecule has 0 unspecified atom stereocenters. The van der Waals surface area contributed by atoms with Crippen LogP contribution in [-0.2, 0) is 15.1 Å². The summed E-state index contributed by atoms with van der Waals surface area (Å²) in [6.07, 6.45) is 3.13. The minimum absolute atomic E-state index is 0.371. The van der Waals surface area contributed by atoms with Gasteiger partial charge >= 0.3 is 12.1 Å². The van der Waals surface area contributed by atoms with Gasteiger partial charge in [-0.2, -0.15) is 0 Å². The first-order chi connectivity index (χ1) is 11.6. The number of methoxy groups -OCH3 is 1. The van der Waals surface area contributed by atoms with E-state index in [4.69, 9.17) is 11.6 Å². The fraction of sp³-hybridized carbons (Fsp3) is 0.474. The Balaban J connectivity index is 2.58. The van der Waals surface area contributed by atoms with Crippen molar-refractivity contribution in [3.63, 3.8) is 0 Å². The molecule has 1 aromatic rings. The zero-order valence-electron chi connectivity index (χ0n) is 15.0. The number of esters is 1. The number of carbonyl (C=O) groups excluding carboxylic acids is 1. The number of carboxylic acid groups (broad SMARTS) is 1. The molecule has 2 atom stereocenters. The van der Waals surface area contributed by atoms with Gasteiger partial charge in [0.2, 0.25) is 0 Å². The molecule has 0 bridgehead atoms. The minimum Gasteiger partial charge on any atom is -0.466 e. The second-order valence-corrected chi connectivity index (χ2v) is 7.70. The third-order valence-corrected chi connectivity index (χ3v) is 5.18. The summed E-state index contributed by atoms with van der Waals surface area (Å²) in [7, 11) is 1.29. The first kappa shape index (κ1) is 19.3. The average molecular weight is 366 g/mol. The Kier molecular flexibility index (Phi) is 5.47. The smallest absolute Gasteiger partial charge is 0.408 e. The minimum atomic E-state index is -1.02. The monoisotopic (exact) mass is 365 g/mol. The predicted octanol–water partition coefficient (Wildman–Crippen LogP) is 4.45. The Morgan fingerprint density at radius 3 is 2.60 bits per heavy atom. The van der Waals surface area contributed by atoms with Crippen LogP contribution in [0, 0.1) is 5.41 Å². The Bertz CT molecular complexity index is 695. The van der Waals surface area contributed by atoms with Crippen LogP contribution in [0.25, 0.3) is 0 Å². The van der Waals surface area contributed by atoms with Gasteiger partial charge in [-0.15, -0.1) is 0 Å². The zero-order valence-corrected chi connectivity index (χ0v) is 15.7. The molecule has 0 spiro atoms. The van der Waals surface area contributed by atoms with Crippen molar-refractivity contribution in [2.45, 2.75) is 45.2 Å². The van der Waals surface area contributed by atoms with Crippen LogP contribution < -0.4 is 0 Å². The molecule has 25 heavy (non-hydrogen) atoms. The summed E-state index contributed by atoms with van der Waals surface area (Å²) in [6.45, 7) is 6.07. The van der Waals surface area contributed by atoms with E-state index in [9.17, 15) is 14.7 Å². The molecule has 1 saturated heterocycles. The largest absolute Gasteiger partial charge is 0.466 e. The molecule has 136 valence electrons. The van der Waals surface area contributed by atoms with E-state index in [1.54, 1.807) is 12.1 Å². The SMILES string of the molecule is COC(=O)C=C[C@H]1CC[C@@](c2cccc(Cl)c2)(C(C)(C)C)N1C(=O)O. The Morgan fingerprint density at radius 1 is 1.40 bits per heavy atom. The van der Waals surface area contributed by atoms with Crippen LogP contribution in [0.3, 0.4) is 0 Å². The van der Waals surface area contributed by atoms with Gasteiger partial charge in [0.15, 0.2) is 0 Å². The van der Waals surface area contributed by atoms with Crippen LogP contribution in [0.5, 0.6) is 0 Å². The third-order valence-electron chi connectivity index (χ3n) is 4.95. The second-order valence-electron chi connectivity index (χ2n) is 7.26. The molecule has 0 radical (unpaired) electrons. The van der Waals surface area contributed by atoms with Gasteiger partial charge < -0.3 is 9.84 Å². The molecule has 5 nitrogen and oxygen atoms in total. The van der Waals surface area contributed by atoms with Crippen molar-refractivity contribution in [2.24, 2.45) is 5.41 Å². The van der Waals surface area contributed by atoms with E-state index in [1.165, 1.54) is 18.1 Å². The van der Waals surface area contributed by atoms with Crippen molar-refractivity contribution in [1.82, 2.24) is 4.90 Å². The van der Waals surface area contributed by atoms with E-state index < -0.39 is 23.6 Å². The molecule has 1 N–H and O–H groups in total. The highest BCUT2D eigenvalue weighted by atomic mass is 35.5. The number of rotatable bonds is 3. The second kappa shape index (κ2) is 7.08. The summed E-state index contributed by atoms with van der Waals surface area (Å²) in [5.74, 6) is -0.499. The summed E-state index contributed by atoms with van der Waals surface area (Å²) in [4.78, 5) is 25.1. The molecule has 1 fully saturated rings. The lowest BCUT2D eigenvalue weighted by Gasteiger charge is -2.48. The van der Waals surface area contributed by atoms with Crippen molar-refractivity contribution in [1.29, 1.82) is 0 Å². The third kappa shape index (κ3) is 3.52. The van der Waals surface area contributed by atoms with Crippen molar-refractivity contribution in [2.75, 3.05) is 7.11 Å². The van der Waals surface area contributed by atoms with Gasteiger partial charge in [0.05, 0.1) is 18.7 Å². The Hall–Kier alpha value is -2.01. The maximum Gasteiger partial charge on any atom is 0.408 e. The molecule has 0 saturated carbocycles. The maximum atomic E-state index is 12.2. The van der Waals surface area contributed by atoms with Crippen LogP contribution in [0.1, 0.15) is 39.2 Å². The van der Waals surface area contributed by atoms with Gasteiger partial charge in [0, 0.05) is 11.1 Å². The first-order valence-corrected chi connectivity index (χ1v) is 8.56. The molecule has 1 heterocycles. The lowest BCUT2D eigenvalue weighted by molar-refractivity contribution is -0.134. The number of hydrogen-bond donors (Lipinski definition) is 1. The van der Waals surface area contributed by atoms with E-state index >= 15 is 0 Å². The number of benzene rings is 1. The van der Waals surface area contributed by atoms with Gasteiger partial charge in [-0.05, 0) is 36.0 Å². The van der Waals surface area contributed by atoms with Crippen molar-refractivity contribution < 1.29 is 19.4 Å². The predicted molar refractivity (Wildman–Crippen MR) is 96.6 cm³/mol. The van der Waals surface area contributed by atoms with Crippen LogP contribution in [0.15, 0.2) is 36.4 Å². The fourth-order valence-corrected chi connectivity index (χ4v) is 4.02. The number of likely N-dealkylation sites (tertiary alicyclic amines) is 1. The van der Waals surface area contributed by atoms with Crippen LogP contribution >= 0.6 is 11.6 Å². The standard InChI is InChI=1S/C19H24ClNO4/c1-18(2,3)19(13-6-5-7-14(20)12-13)11-10-15(21(19)17(23)24)8-9-16(22)25-4/h5-9,12,15H,10-11H2,1-4H3,(H,23,24)/t15-,19+/m0/s1. The maximum absolute atomic E-state index is 12.2. The van der Waals surface area contributed by atoms with Crippen LogP contribution in [0.4, 0.5) is 4.79 Å². The molecule has 1 amide bonds. The molecule has 1 aromatic carbocycles. The number of carbonyl (C=O) groups is 2. The number of nitrogens with zero attached hydrogens (tertiary/aromatic N) is 1. The lowest BCUT2D eigenvalue weighted by atomic mass is 9.68. The molecule has 6 heteroatoms. The number of ether oxygens (including phenoxy) is 1. The lowest BCUT2D eigenvalue weighted by Crippen LogP contribution is -2.54. The highest BCUT2D eigenvalue weighted by molar-refractivity contribution is 6.30. The summed E-state index contributed by atoms with van der Waals surface area (Å²) < 4.78 is 4.62. The van der Waals surface area contributed by atoms with Crippen LogP contribution in [-0.4, -0.2) is 35.2 Å². The highest BCUT2D eigenvalue weighted by Gasteiger charge is 2.56. The van der Waals surface area contributed by atoms with Crippen molar-refractivity contribution in [3.8, 4) is 0 Å².